The quantitative estimate of drug-likeness (QED) is 0.904. The Morgan fingerprint density at radius 3 is 3.14 bits per heavy atom. The topological polar surface area (TPSA) is 71.2 Å². The lowest BCUT2D eigenvalue weighted by atomic mass is 10.2. The van der Waals surface area contributed by atoms with Gasteiger partial charge in [-0.05, 0) is 31.0 Å². The Labute approximate surface area is 134 Å². The van der Waals surface area contributed by atoms with E-state index in [2.05, 4.69) is 46.4 Å². The van der Waals surface area contributed by atoms with Crippen LogP contribution >= 0.6 is 11.3 Å². The van der Waals surface area contributed by atoms with Crippen molar-refractivity contribution in [3.8, 4) is 0 Å². The Kier molecular flexibility index (Phi) is 4.40. The number of nitrogens with two attached hydrogens (primary N) is 1. The lowest BCUT2D eigenvalue weighted by molar-refractivity contribution is 0.0936. The number of rotatable bonds is 4. The largest absolute Gasteiger partial charge is 0.369 e. The van der Waals surface area contributed by atoms with E-state index in [1.165, 1.54) is 22.6 Å². The highest BCUT2D eigenvalue weighted by molar-refractivity contribution is 7.09. The number of benzene rings is 1. The van der Waals surface area contributed by atoms with Gasteiger partial charge in [-0.15, -0.1) is 11.3 Å². The molecule has 1 aliphatic rings. The molecule has 2 aromatic rings. The van der Waals surface area contributed by atoms with E-state index >= 15 is 0 Å². The van der Waals surface area contributed by atoms with E-state index in [4.69, 9.17) is 5.73 Å². The smallest absolute Gasteiger partial charge is 0.271 e. The third-order valence-electron chi connectivity index (χ3n) is 3.85. The zero-order chi connectivity index (χ0) is 15.5. The van der Waals surface area contributed by atoms with Crippen molar-refractivity contribution in [2.45, 2.75) is 25.9 Å². The minimum absolute atomic E-state index is 0.105. The van der Waals surface area contributed by atoms with Crippen molar-refractivity contribution in [2.75, 3.05) is 18.0 Å². The van der Waals surface area contributed by atoms with Crippen LogP contribution in [0.1, 0.15) is 27.5 Å². The van der Waals surface area contributed by atoms with Crippen molar-refractivity contribution < 1.29 is 4.79 Å². The summed E-state index contributed by atoms with van der Waals surface area (Å²) in [4.78, 5) is 18.7. The van der Waals surface area contributed by atoms with Crippen LogP contribution in [-0.2, 0) is 6.54 Å². The van der Waals surface area contributed by atoms with Gasteiger partial charge in [0.2, 0.25) is 0 Å². The second kappa shape index (κ2) is 6.46. The van der Waals surface area contributed by atoms with Gasteiger partial charge in [-0.3, -0.25) is 4.79 Å². The molecule has 1 aromatic carbocycles. The average Bonchev–Trinajstić information content (AvgIpc) is 3.16. The minimum Gasteiger partial charge on any atom is -0.369 e. The van der Waals surface area contributed by atoms with Gasteiger partial charge < -0.3 is 16.0 Å². The summed E-state index contributed by atoms with van der Waals surface area (Å²) in [5, 5.41) is 5.63. The molecule has 1 aromatic heterocycles. The second-order valence-corrected chi connectivity index (χ2v) is 6.52. The fourth-order valence-corrected chi connectivity index (χ4v) is 3.36. The van der Waals surface area contributed by atoms with Crippen LogP contribution in [0.3, 0.4) is 0 Å². The van der Waals surface area contributed by atoms with Crippen LogP contribution < -0.4 is 16.0 Å². The van der Waals surface area contributed by atoms with E-state index < -0.39 is 0 Å². The Balaban J connectivity index is 1.60. The summed E-state index contributed by atoms with van der Waals surface area (Å²) in [6.45, 7) is 4.27. The Bertz CT molecular complexity index is 670. The van der Waals surface area contributed by atoms with Crippen molar-refractivity contribution in [3.63, 3.8) is 0 Å². The fraction of sp³-hybridized carbons (Fsp3) is 0.375. The lowest BCUT2D eigenvalue weighted by Crippen LogP contribution is -2.37. The average molecular weight is 316 g/mol. The Morgan fingerprint density at radius 1 is 1.55 bits per heavy atom. The summed E-state index contributed by atoms with van der Waals surface area (Å²) in [5.74, 6) is -0.105. The fourth-order valence-electron chi connectivity index (χ4n) is 2.71. The molecule has 3 N–H and O–H groups in total. The molecule has 1 aliphatic heterocycles. The van der Waals surface area contributed by atoms with Crippen LogP contribution in [0, 0.1) is 6.92 Å². The summed E-state index contributed by atoms with van der Waals surface area (Å²) in [5.41, 5.74) is 8.47. The van der Waals surface area contributed by atoms with Gasteiger partial charge >= 0.3 is 0 Å². The predicted molar refractivity (Wildman–Crippen MR) is 89.3 cm³/mol. The van der Waals surface area contributed by atoms with Gasteiger partial charge in [-0.25, -0.2) is 4.98 Å². The number of aromatic nitrogens is 1. The number of nitrogens with one attached hydrogen (secondary N) is 1. The van der Waals surface area contributed by atoms with E-state index in [9.17, 15) is 4.79 Å². The first-order valence-electron chi connectivity index (χ1n) is 7.42. The summed E-state index contributed by atoms with van der Waals surface area (Å²) in [7, 11) is 0. The van der Waals surface area contributed by atoms with Gasteiger partial charge in [0.1, 0.15) is 10.7 Å². The van der Waals surface area contributed by atoms with Gasteiger partial charge in [0.15, 0.2) is 0 Å². The van der Waals surface area contributed by atoms with E-state index in [1.54, 1.807) is 5.38 Å². The molecule has 0 spiro atoms. The number of carbonyl (C=O) groups excluding carboxylic acids is 1. The molecule has 2 heterocycles. The molecule has 1 saturated heterocycles. The third kappa shape index (κ3) is 3.28. The van der Waals surface area contributed by atoms with Crippen LogP contribution in [0.15, 0.2) is 29.6 Å². The van der Waals surface area contributed by atoms with Crippen molar-refractivity contribution in [1.82, 2.24) is 10.3 Å². The Morgan fingerprint density at radius 2 is 2.41 bits per heavy atom. The highest BCUT2D eigenvalue weighted by Gasteiger charge is 2.25. The number of amides is 1. The van der Waals surface area contributed by atoms with Crippen LogP contribution in [0.5, 0.6) is 0 Å². The first-order valence-corrected chi connectivity index (χ1v) is 8.30. The van der Waals surface area contributed by atoms with E-state index in [0.29, 0.717) is 12.2 Å². The Hall–Kier alpha value is -1.92. The number of thiazole rings is 1. The number of hydrogen-bond acceptors (Lipinski definition) is 5. The molecule has 1 amide bonds. The van der Waals surface area contributed by atoms with Crippen LogP contribution in [-0.4, -0.2) is 30.0 Å². The van der Waals surface area contributed by atoms with Crippen molar-refractivity contribution >= 4 is 22.9 Å². The SMILES string of the molecule is Cc1cccc(N2CCC(NC(=O)c3csc(CN)n3)C2)c1. The first-order chi connectivity index (χ1) is 10.7. The molecule has 6 heteroatoms. The highest BCUT2D eigenvalue weighted by Crippen LogP contribution is 2.21. The third-order valence-corrected chi connectivity index (χ3v) is 4.72. The summed E-state index contributed by atoms with van der Waals surface area (Å²) >= 11 is 1.43. The number of nitrogens with zero attached hydrogens (tertiary/aromatic N) is 2. The standard InChI is InChI=1S/C16H20N4OS/c1-11-3-2-4-13(7-11)20-6-5-12(9-20)18-16(21)14-10-22-15(8-17)19-14/h2-4,7,10,12H,5-6,8-9,17H2,1H3,(H,18,21). The molecule has 3 rings (SSSR count). The highest BCUT2D eigenvalue weighted by atomic mass is 32.1. The predicted octanol–water partition coefficient (Wildman–Crippen LogP) is 1.92. The maximum Gasteiger partial charge on any atom is 0.271 e. The van der Waals surface area contributed by atoms with Crippen LogP contribution in [0.4, 0.5) is 5.69 Å². The van der Waals surface area contributed by atoms with Gasteiger partial charge in [-0.2, -0.15) is 0 Å². The molecule has 0 aliphatic carbocycles. The summed E-state index contributed by atoms with van der Waals surface area (Å²) in [6.07, 6.45) is 0.952. The van der Waals surface area contributed by atoms with Crippen molar-refractivity contribution in [2.24, 2.45) is 5.73 Å². The maximum absolute atomic E-state index is 12.2. The number of hydrogen-bond donors (Lipinski definition) is 2. The molecule has 22 heavy (non-hydrogen) atoms. The van der Waals surface area contributed by atoms with Gasteiger partial charge in [0.05, 0.1) is 0 Å². The number of aryl methyl sites for hydroxylation is 1. The molecule has 0 bridgehead atoms. The molecule has 1 unspecified atom stereocenters. The first kappa shape index (κ1) is 15.0. The molecule has 0 radical (unpaired) electrons. The molecule has 116 valence electrons. The summed E-state index contributed by atoms with van der Waals surface area (Å²) < 4.78 is 0. The van der Waals surface area contributed by atoms with E-state index in [1.807, 2.05) is 0 Å². The molecular formula is C16H20N4OS. The van der Waals surface area contributed by atoms with Gasteiger partial charge in [0.25, 0.3) is 5.91 Å². The van der Waals surface area contributed by atoms with Gasteiger partial charge in [0, 0.05) is 36.7 Å². The van der Waals surface area contributed by atoms with Crippen molar-refractivity contribution in [3.05, 3.63) is 45.9 Å². The second-order valence-electron chi connectivity index (χ2n) is 5.57. The normalized spacial score (nSPS) is 17.7. The van der Waals surface area contributed by atoms with E-state index in [-0.39, 0.29) is 11.9 Å². The zero-order valence-corrected chi connectivity index (χ0v) is 13.4. The molecule has 5 nitrogen and oxygen atoms in total. The maximum atomic E-state index is 12.2. The zero-order valence-electron chi connectivity index (χ0n) is 12.6. The summed E-state index contributed by atoms with van der Waals surface area (Å²) in [6, 6.07) is 8.62. The van der Waals surface area contributed by atoms with Crippen LogP contribution in [0.25, 0.3) is 0 Å². The lowest BCUT2D eigenvalue weighted by Gasteiger charge is -2.19. The molecule has 1 atom stereocenters. The van der Waals surface area contributed by atoms with Crippen LogP contribution in [0.2, 0.25) is 0 Å². The molecular weight excluding hydrogens is 296 g/mol. The number of carbonyl (C=O) groups is 1. The van der Waals surface area contributed by atoms with Gasteiger partial charge in [-0.1, -0.05) is 12.1 Å². The molecule has 0 saturated carbocycles. The molecule has 1 fully saturated rings. The van der Waals surface area contributed by atoms with Crippen molar-refractivity contribution in [1.29, 1.82) is 0 Å². The number of anilines is 1. The monoisotopic (exact) mass is 316 g/mol. The minimum atomic E-state index is -0.105. The van der Waals surface area contributed by atoms with E-state index in [0.717, 1.165) is 24.5 Å².